The molecule has 0 aliphatic rings. The molecular formula is C14H20N2O2. The number of nitrogen functional groups attached to an aromatic ring is 1. The maximum atomic E-state index is 12.1. The van der Waals surface area contributed by atoms with E-state index in [-0.39, 0.29) is 11.9 Å². The van der Waals surface area contributed by atoms with Crippen molar-refractivity contribution in [1.82, 2.24) is 5.32 Å². The van der Waals surface area contributed by atoms with E-state index < -0.39 is 0 Å². The lowest BCUT2D eigenvalue weighted by Crippen LogP contribution is -2.32. The molecule has 1 rings (SSSR count). The van der Waals surface area contributed by atoms with E-state index in [1.807, 2.05) is 13.8 Å². The van der Waals surface area contributed by atoms with Crippen LogP contribution in [-0.4, -0.2) is 18.6 Å². The molecule has 4 heteroatoms. The van der Waals surface area contributed by atoms with Crippen molar-refractivity contribution in [3.05, 3.63) is 36.4 Å². The Balaban J connectivity index is 2.93. The van der Waals surface area contributed by atoms with E-state index in [2.05, 4.69) is 11.9 Å². The summed E-state index contributed by atoms with van der Waals surface area (Å²) in [6, 6.07) is 5.22. The topological polar surface area (TPSA) is 64.4 Å². The van der Waals surface area contributed by atoms with Crippen LogP contribution in [0.4, 0.5) is 5.69 Å². The second-order valence-corrected chi connectivity index (χ2v) is 4.05. The van der Waals surface area contributed by atoms with Crippen LogP contribution in [0.2, 0.25) is 0 Å². The monoisotopic (exact) mass is 248 g/mol. The van der Waals surface area contributed by atoms with Gasteiger partial charge < -0.3 is 15.8 Å². The first-order valence-corrected chi connectivity index (χ1v) is 6.03. The third kappa shape index (κ3) is 3.52. The maximum Gasteiger partial charge on any atom is 0.257 e. The van der Waals surface area contributed by atoms with Crippen LogP contribution in [0.3, 0.4) is 0 Å². The van der Waals surface area contributed by atoms with Gasteiger partial charge in [0.25, 0.3) is 5.91 Å². The average Bonchev–Trinajstić information content (AvgIpc) is 2.29. The Labute approximate surface area is 108 Å². The Morgan fingerprint density at radius 1 is 1.61 bits per heavy atom. The smallest absolute Gasteiger partial charge is 0.257 e. The van der Waals surface area contributed by atoms with E-state index in [0.29, 0.717) is 30.0 Å². The molecule has 1 aromatic carbocycles. The third-order valence-corrected chi connectivity index (χ3v) is 2.48. The summed E-state index contributed by atoms with van der Waals surface area (Å²) in [6.45, 7) is 7.92. The Hall–Kier alpha value is -1.97. The second kappa shape index (κ2) is 6.69. The van der Waals surface area contributed by atoms with Gasteiger partial charge in [0.1, 0.15) is 11.3 Å². The first-order valence-electron chi connectivity index (χ1n) is 6.03. The van der Waals surface area contributed by atoms with Crippen LogP contribution in [0.25, 0.3) is 0 Å². The van der Waals surface area contributed by atoms with Gasteiger partial charge >= 0.3 is 0 Å². The Kier molecular flexibility index (Phi) is 5.24. The summed E-state index contributed by atoms with van der Waals surface area (Å²) in [5.74, 6) is 0.298. The van der Waals surface area contributed by atoms with Crippen LogP contribution < -0.4 is 15.8 Å². The average molecular weight is 248 g/mol. The van der Waals surface area contributed by atoms with E-state index >= 15 is 0 Å². The molecule has 1 aromatic rings. The van der Waals surface area contributed by atoms with Gasteiger partial charge in [0, 0.05) is 11.7 Å². The van der Waals surface area contributed by atoms with Gasteiger partial charge in [-0.1, -0.05) is 12.1 Å². The summed E-state index contributed by atoms with van der Waals surface area (Å²) >= 11 is 0. The number of rotatable bonds is 6. The lowest BCUT2D eigenvalue weighted by Gasteiger charge is -2.15. The normalized spacial score (nSPS) is 11.7. The molecule has 0 aliphatic carbocycles. The highest BCUT2D eigenvalue weighted by Crippen LogP contribution is 2.24. The van der Waals surface area contributed by atoms with Crippen molar-refractivity contribution < 1.29 is 9.53 Å². The molecule has 0 fully saturated rings. The minimum absolute atomic E-state index is 0.0177. The van der Waals surface area contributed by atoms with Crippen LogP contribution in [0, 0.1) is 0 Å². The summed E-state index contributed by atoms with van der Waals surface area (Å²) < 4.78 is 5.42. The van der Waals surface area contributed by atoms with Crippen LogP contribution >= 0.6 is 0 Å². The van der Waals surface area contributed by atoms with Crippen molar-refractivity contribution in [3.63, 3.8) is 0 Å². The standard InChI is InChI=1S/C14H20N2O2/c1-4-7-10(3)16-14(17)13-11(15)8-6-9-12(13)18-5-2/h4,6,8-10H,1,5,7,15H2,2-3H3,(H,16,17). The third-order valence-electron chi connectivity index (χ3n) is 2.48. The molecule has 0 heterocycles. The van der Waals surface area contributed by atoms with Gasteiger partial charge in [-0.25, -0.2) is 0 Å². The largest absolute Gasteiger partial charge is 0.493 e. The molecule has 0 aromatic heterocycles. The molecule has 1 unspecified atom stereocenters. The van der Waals surface area contributed by atoms with E-state index in [4.69, 9.17) is 10.5 Å². The molecule has 1 amide bonds. The van der Waals surface area contributed by atoms with Crippen molar-refractivity contribution in [1.29, 1.82) is 0 Å². The molecule has 18 heavy (non-hydrogen) atoms. The van der Waals surface area contributed by atoms with Crippen LogP contribution in [0.5, 0.6) is 5.75 Å². The highest BCUT2D eigenvalue weighted by Gasteiger charge is 2.17. The number of carbonyl (C=O) groups excluding carboxylic acids is 1. The lowest BCUT2D eigenvalue weighted by atomic mass is 10.1. The van der Waals surface area contributed by atoms with Gasteiger partial charge in [0.2, 0.25) is 0 Å². The van der Waals surface area contributed by atoms with Crippen molar-refractivity contribution in [2.24, 2.45) is 0 Å². The molecule has 4 nitrogen and oxygen atoms in total. The van der Waals surface area contributed by atoms with Gasteiger partial charge in [-0.15, -0.1) is 6.58 Å². The lowest BCUT2D eigenvalue weighted by molar-refractivity contribution is 0.0937. The number of carbonyl (C=O) groups is 1. The minimum Gasteiger partial charge on any atom is -0.493 e. The zero-order valence-corrected chi connectivity index (χ0v) is 10.9. The number of nitrogens with one attached hydrogen (secondary N) is 1. The number of nitrogens with two attached hydrogens (primary N) is 1. The number of anilines is 1. The van der Waals surface area contributed by atoms with Gasteiger partial charge in [-0.05, 0) is 32.4 Å². The molecule has 1 atom stereocenters. The number of hydrogen-bond acceptors (Lipinski definition) is 3. The fourth-order valence-electron chi connectivity index (χ4n) is 1.67. The molecule has 0 saturated heterocycles. The van der Waals surface area contributed by atoms with Gasteiger partial charge in [0.05, 0.1) is 6.61 Å². The predicted molar refractivity (Wildman–Crippen MR) is 73.8 cm³/mol. The van der Waals surface area contributed by atoms with Gasteiger partial charge in [0.15, 0.2) is 0 Å². The van der Waals surface area contributed by atoms with E-state index in [1.165, 1.54) is 0 Å². The first-order chi connectivity index (χ1) is 8.60. The Morgan fingerprint density at radius 3 is 2.94 bits per heavy atom. The fourth-order valence-corrected chi connectivity index (χ4v) is 1.67. The first kappa shape index (κ1) is 14.1. The molecular weight excluding hydrogens is 228 g/mol. The molecule has 98 valence electrons. The van der Waals surface area contributed by atoms with Crippen molar-refractivity contribution in [2.75, 3.05) is 12.3 Å². The highest BCUT2D eigenvalue weighted by atomic mass is 16.5. The van der Waals surface area contributed by atoms with E-state index in [1.54, 1.807) is 24.3 Å². The quantitative estimate of drug-likeness (QED) is 0.600. The highest BCUT2D eigenvalue weighted by molar-refractivity contribution is 6.02. The minimum atomic E-state index is -0.217. The number of benzene rings is 1. The maximum absolute atomic E-state index is 12.1. The summed E-state index contributed by atoms with van der Waals surface area (Å²) in [5.41, 5.74) is 6.66. The van der Waals surface area contributed by atoms with Gasteiger partial charge in [-0.2, -0.15) is 0 Å². The van der Waals surface area contributed by atoms with Crippen LogP contribution in [-0.2, 0) is 0 Å². The van der Waals surface area contributed by atoms with Gasteiger partial charge in [-0.3, -0.25) is 4.79 Å². The Morgan fingerprint density at radius 2 is 2.33 bits per heavy atom. The predicted octanol–water partition coefficient (Wildman–Crippen LogP) is 2.36. The second-order valence-electron chi connectivity index (χ2n) is 4.05. The molecule has 3 N–H and O–H groups in total. The number of amides is 1. The van der Waals surface area contributed by atoms with Crippen LogP contribution in [0.1, 0.15) is 30.6 Å². The van der Waals surface area contributed by atoms with Crippen molar-refractivity contribution in [3.8, 4) is 5.75 Å². The zero-order chi connectivity index (χ0) is 13.5. The SMILES string of the molecule is C=CCC(C)NC(=O)c1c(N)cccc1OCC. The van der Waals surface area contributed by atoms with Crippen LogP contribution in [0.15, 0.2) is 30.9 Å². The Bertz CT molecular complexity index is 430. The van der Waals surface area contributed by atoms with Crippen molar-refractivity contribution in [2.45, 2.75) is 26.3 Å². The molecule has 0 spiro atoms. The number of ether oxygens (including phenoxy) is 1. The number of hydrogen-bond donors (Lipinski definition) is 2. The molecule has 0 saturated carbocycles. The summed E-state index contributed by atoms with van der Waals surface area (Å²) in [6.07, 6.45) is 2.48. The zero-order valence-electron chi connectivity index (χ0n) is 10.9. The summed E-state index contributed by atoms with van der Waals surface area (Å²) in [7, 11) is 0. The summed E-state index contributed by atoms with van der Waals surface area (Å²) in [5, 5.41) is 2.87. The molecule has 0 radical (unpaired) electrons. The molecule has 0 bridgehead atoms. The molecule has 0 aliphatic heterocycles. The van der Waals surface area contributed by atoms with E-state index in [9.17, 15) is 4.79 Å². The summed E-state index contributed by atoms with van der Waals surface area (Å²) in [4.78, 5) is 12.1. The van der Waals surface area contributed by atoms with Crippen molar-refractivity contribution >= 4 is 11.6 Å². The van der Waals surface area contributed by atoms with E-state index in [0.717, 1.165) is 0 Å². The fraction of sp³-hybridized carbons (Fsp3) is 0.357.